The van der Waals surface area contributed by atoms with Gasteiger partial charge < -0.3 is 14.8 Å². The van der Waals surface area contributed by atoms with Crippen LogP contribution in [0.1, 0.15) is 18.0 Å². The van der Waals surface area contributed by atoms with E-state index in [0.29, 0.717) is 10.2 Å². The molecule has 0 bridgehead atoms. The summed E-state index contributed by atoms with van der Waals surface area (Å²) in [6.45, 7) is -0.269. The lowest BCUT2D eigenvalue weighted by molar-refractivity contribution is -0.141. The Kier molecular flexibility index (Phi) is 6.94. The van der Waals surface area contributed by atoms with Gasteiger partial charge in [-0.2, -0.15) is 0 Å². The van der Waals surface area contributed by atoms with Crippen LogP contribution in [0.15, 0.2) is 53.0 Å². The molecule has 7 heteroatoms. The normalized spacial score (nSPS) is 11.5. The van der Waals surface area contributed by atoms with E-state index in [9.17, 15) is 14.0 Å². The molecule has 0 aliphatic rings. The number of halogens is 2. The van der Waals surface area contributed by atoms with Gasteiger partial charge in [0.15, 0.2) is 6.61 Å². The summed E-state index contributed by atoms with van der Waals surface area (Å²) < 4.78 is 23.5. The number of amides is 1. The predicted molar refractivity (Wildman–Crippen MR) is 93.6 cm³/mol. The van der Waals surface area contributed by atoms with E-state index in [2.05, 4.69) is 26.0 Å². The van der Waals surface area contributed by atoms with Crippen LogP contribution in [0.4, 0.5) is 4.39 Å². The van der Waals surface area contributed by atoms with Crippen molar-refractivity contribution in [2.24, 2.45) is 0 Å². The van der Waals surface area contributed by atoms with Crippen LogP contribution in [0.3, 0.4) is 0 Å². The lowest BCUT2D eigenvalue weighted by Gasteiger charge is -2.18. The number of hydrogen-bond donors (Lipinski definition) is 1. The quantitative estimate of drug-likeness (QED) is 0.711. The molecule has 2 rings (SSSR count). The molecule has 1 N–H and O–H groups in total. The van der Waals surface area contributed by atoms with Gasteiger partial charge in [0.05, 0.1) is 24.0 Å². The SMILES string of the molecule is COC(=O)CC(NC(=O)COc1ccc(F)cc1Br)c1ccccc1. The third-order valence-corrected chi connectivity index (χ3v) is 4.01. The summed E-state index contributed by atoms with van der Waals surface area (Å²) in [7, 11) is 1.29. The highest BCUT2D eigenvalue weighted by Crippen LogP contribution is 2.25. The Morgan fingerprint density at radius 1 is 1.20 bits per heavy atom. The number of hydrogen-bond acceptors (Lipinski definition) is 4. The maximum absolute atomic E-state index is 13.1. The van der Waals surface area contributed by atoms with Crippen LogP contribution in [0.2, 0.25) is 0 Å². The maximum atomic E-state index is 13.1. The fraction of sp³-hybridized carbons (Fsp3) is 0.222. The zero-order chi connectivity index (χ0) is 18.2. The topological polar surface area (TPSA) is 64.6 Å². The predicted octanol–water partition coefficient (Wildman–Crippen LogP) is 3.39. The van der Waals surface area contributed by atoms with E-state index in [-0.39, 0.29) is 13.0 Å². The molecule has 1 unspecified atom stereocenters. The Hall–Kier alpha value is -2.41. The summed E-state index contributed by atoms with van der Waals surface area (Å²) >= 11 is 3.17. The van der Waals surface area contributed by atoms with E-state index in [4.69, 9.17) is 4.74 Å². The van der Waals surface area contributed by atoms with Crippen molar-refractivity contribution in [3.63, 3.8) is 0 Å². The minimum Gasteiger partial charge on any atom is -0.483 e. The van der Waals surface area contributed by atoms with Crippen LogP contribution in [-0.4, -0.2) is 25.6 Å². The molecule has 5 nitrogen and oxygen atoms in total. The number of methoxy groups -OCH3 is 1. The van der Waals surface area contributed by atoms with Crippen molar-refractivity contribution >= 4 is 27.8 Å². The van der Waals surface area contributed by atoms with E-state index in [1.807, 2.05) is 30.3 Å². The summed E-state index contributed by atoms with van der Waals surface area (Å²) in [6.07, 6.45) is 0.00644. The van der Waals surface area contributed by atoms with Gasteiger partial charge in [-0.25, -0.2) is 4.39 Å². The van der Waals surface area contributed by atoms with Gasteiger partial charge in [0.1, 0.15) is 11.6 Å². The van der Waals surface area contributed by atoms with Crippen LogP contribution < -0.4 is 10.1 Å². The Bertz CT molecular complexity index is 739. The standard InChI is InChI=1S/C18H17BrFNO4/c1-24-18(23)10-15(12-5-3-2-4-6-12)21-17(22)11-25-16-8-7-13(20)9-14(16)19/h2-9,15H,10-11H2,1H3,(H,21,22). The van der Waals surface area contributed by atoms with Crippen LogP contribution >= 0.6 is 15.9 Å². The molecule has 0 aliphatic heterocycles. The zero-order valence-electron chi connectivity index (χ0n) is 13.5. The van der Waals surface area contributed by atoms with Gasteiger partial charge in [0.2, 0.25) is 0 Å². The van der Waals surface area contributed by atoms with E-state index >= 15 is 0 Å². The van der Waals surface area contributed by atoms with Crippen molar-refractivity contribution in [1.29, 1.82) is 0 Å². The average molecular weight is 410 g/mol. The number of benzene rings is 2. The van der Waals surface area contributed by atoms with Crippen LogP contribution in [-0.2, 0) is 14.3 Å². The molecule has 2 aromatic carbocycles. The van der Waals surface area contributed by atoms with Crippen LogP contribution in [0.25, 0.3) is 0 Å². The van der Waals surface area contributed by atoms with Gasteiger partial charge in [-0.15, -0.1) is 0 Å². The Labute approximate surface area is 153 Å². The van der Waals surface area contributed by atoms with Gasteiger partial charge >= 0.3 is 5.97 Å². The molecule has 0 saturated carbocycles. The lowest BCUT2D eigenvalue weighted by atomic mass is 10.0. The molecule has 25 heavy (non-hydrogen) atoms. The van der Waals surface area contributed by atoms with E-state index in [1.165, 1.54) is 25.3 Å². The first-order chi connectivity index (χ1) is 12.0. The van der Waals surface area contributed by atoms with Crippen molar-refractivity contribution in [3.8, 4) is 5.75 Å². The molecule has 1 amide bonds. The molecule has 0 radical (unpaired) electrons. The second-order valence-corrected chi connectivity index (χ2v) is 6.03. The van der Waals surface area contributed by atoms with Gasteiger partial charge in [0.25, 0.3) is 5.91 Å². The van der Waals surface area contributed by atoms with E-state index in [0.717, 1.165) is 5.56 Å². The molecule has 2 aromatic rings. The number of carbonyl (C=O) groups excluding carboxylic acids is 2. The van der Waals surface area contributed by atoms with Gasteiger partial charge in [-0.3, -0.25) is 9.59 Å². The van der Waals surface area contributed by atoms with Gasteiger partial charge in [-0.1, -0.05) is 30.3 Å². The number of nitrogens with one attached hydrogen (secondary N) is 1. The summed E-state index contributed by atoms with van der Waals surface area (Å²) in [6, 6.07) is 12.5. The molecular formula is C18H17BrFNO4. The number of rotatable bonds is 7. The number of ether oxygens (including phenoxy) is 2. The van der Waals surface area contributed by atoms with Crippen LogP contribution in [0, 0.1) is 5.82 Å². The summed E-state index contributed by atoms with van der Waals surface area (Å²) in [4.78, 5) is 23.8. The summed E-state index contributed by atoms with van der Waals surface area (Å²) in [5.41, 5.74) is 0.782. The average Bonchev–Trinajstić information content (AvgIpc) is 2.61. The van der Waals surface area contributed by atoms with Crippen LogP contribution in [0.5, 0.6) is 5.75 Å². The third-order valence-electron chi connectivity index (χ3n) is 3.39. The minimum absolute atomic E-state index is 0.00644. The largest absolute Gasteiger partial charge is 0.483 e. The molecular weight excluding hydrogens is 393 g/mol. The first-order valence-electron chi connectivity index (χ1n) is 7.48. The summed E-state index contributed by atoms with van der Waals surface area (Å²) in [5, 5.41) is 2.75. The zero-order valence-corrected chi connectivity index (χ0v) is 15.1. The van der Waals surface area contributed by atoms with E-state index in [1.54, 1.807) is 0 Å². The molecule has 132 valence electrons. The van der Waals surface area contributed by atoms with Crippen molar-refractivity contribution in [3.05, 3.63) is 64.4 Å². The van der Waals surface area contributed by atoms with Crippen molar-refractivity contribution in [2.45, 2.75) is 12.5 Å². The Balaban J connectivity index is 2.00. The highest BCUT2D eigenvalue weighted by molar-refractivity contribution is 9.10. The van der Waals surface area contributed by atoms with Crippen molar-refractivity contribution in [2.75, 3.05) is 13.7 Å². The third kappa shape index (κ3) is 5.86. The number of carbonyl (C=O) groups is 2. The molecule has 0 aromatic heterocycles. The maximum Gasteiger partial charge on any atom is 0.307 e. The first-order valence-corrected chi connectivity index (χ1v) is 8.28. The second kappa shape index (κ2) is 9.17. The molecule has 0 aliphatic carbocycles. The second-order valence-electron chi connectivity index (χ2n) is 5.17. The molecule has 1 atom stereocenters. The minimum atomic E-state index is -0.526. The molecule has 0 heterocycles. The fourth-order valence-electron chi connectivity index (χ4n) is 2.16. The molecule has 0 saturated heterocycles. The first kappa shape index (κ1) is 18.9. The number of esters is 1. The Morgan fingerprint density at radius 3 is 2.56 bits per heavy atom. The van der Waals surface area contributed by atoms with Crippen molar-refractivity contribution < 1.29 is 23.5 Å². The smallest absolute Gasteiger partial charge is 0.307 e. The molecule has 0 spiro atoms. The summed E-state index contributed by atoms with van der Waals surface area (Å²) in [5.74, 6) is -0.906. The van der Waals surface area contributed by atoms with E-state index < -0.39 is 23.7 Å². The fourth-order valence-corrected chi connectivity index (χ4v) is 2.62. The van der Waals surface area contributed by atoms with Gasteiger partial charge in [0, 0.05) is 0 Å². The molecule has 0 fully saturated rings. The Morgan fingerprint density at radius 2 is 1.92 bits per heavy atom. The van der Waals surface area contributed by atoms with Gasteiger partial charge in [-0.05, 0) is 39.7 Å². The highest BCUT2D eigenvalue weighted by Gasteiger charge is 2.19. The van der Waals surface area contributed by atoms with Crippen molar-refractivity contribution in [1.82, 2.24) is 5.32 Å². The highest BCUT2D eigenvalue weighted by atomic mass is 79.9. The monoisotopic (exact) mass is 409 g/mol. The lowest BCUT2D eigenvalue weighted by Crippen LogP contribution is -2.34.